The average Bonchev–Trinajstić information content (AvgIpc) is 3.62. The Morgan fingerprint density at radius 1 is 0.529 bits per heavy atom. The monoisotopic (exact) mass is 657 g/mol. The Kier molecular flexibility index (Phi) is 7.32. The zero-order valence-corrected chi connectivity index (χ0v) is 29.5. The molecular formula is C48H39N3. The summed E-state index contributed by atoms with van der Waals surface area (Å²) < 4.78 is 2.32. The molecule has 1 aliphatic carbocycles. The Bertz CT molecular complexity index is 2770. The second-order valence-electron chi connectivity index (χ2n) is 14.1. The lowest BCUT2D eigenvalue weighted by Gasteiger charge is -2.21. The lowest BCUT2D eigenvalue weighted by molar-refractivity contribution is 0.660. The van der Waals surface area contributed by atoms with Gasteiger partial charge in [-0.2, -0.15) is 0 Å². The predicted molar refractivity (Wildman–Crippen MR) is 216 cm³/mol. The van der Waals surface area contributed by atoms with Gasteiger partial charge in [-0.25, -0.2) is 9.97 Å². The second-order valence-corrected chi connectivity index (χ2v) is 14.1. The summed E-state index contributed by atoms with van der Waals surface area (Å²) in [6.07, 6.45) is 1.25. The summed E-state index contributed by atoms with van der Waals surface area (Å²) in [5.74, 6) is 0.670. The van der Waals surface area contributed by atoms with Crippen molar-refractivity contribution in [2.75, 3.05) is 0 Å². The van der Waals surface area contributed by atoms with Gasteiger partial charge < -0.3 is 0 Å². The molecule has 3 nitrogen and oxygen atoms in total. The van der Waals surface area contributed by atoms with Gasteiger partial charge in [0.15, 0.2) is 0 Å². The van der Waals surface area contributed by atoms with Crippen molar-refractivity contribution in [2.24, 2.45) is 0 Å². The molecule has 10 rings (SSSR count). The number of hydrogen-bond donors (Lipinski definition) is 0. The van der Waals surface area contributed by atoms with Crippen LogP contribution in [0, 0.1) is 0 Å². The molecule has 51 heavy (non-hydrogen) atoms. The molecule has 2 heterocycles. The van der Waals surface area contributed by atoms with Crippen molar-refractivity contribution >= 4 is 43.5 Å². The van der Waals surface area contributed by atoms with Crippen molar-refractivity contribution in [3.63, 3.8) is 0 Å². The van der Waals surface area contributed by atoms with Crippen LogP contribution < -0.4 is 0 Å². The highest BCUT2D eigenvalue weighted by Crippen LogP contribution is 2.53. The second kappa shape index (κ2) is 12.1. The van der Waals surface area contributed by atoms with Gasteiger partial charge in [-0.3, -0.25) is 4.57 Å². The van der Waals surface area contributed by atoms with E-state index in [-0.39, 0.29) is 5.41 Å². The first-order chi connectivity index (χ1) is 25.0. The van der Waals surface area contributed by atoms with Crippen molar-refractivity contribution in [1.82, 2.24) is 14.5 Å². The fourth-order valence-corrected chi connectivity index (χ4v) is 8.14. The van der Waals surface area contributed by atoms with Gasteiger partial charge in [0.1, 0.15) is 0 Å². The minimum absolute atomic E-state index is 0.0910. The number of hydrogen-bond acceptors (Lipinski definition) is 2. The number of nitrogens with zero attached hydrogens (tertiary/aromatic N) is 3. The Morgan fingerprint density at radius 2 is 1.14 bits per heavy atom. The summed E-state index contributed by atoms with van der Waals surface area (Å²) in [6.45, 7) is 8.94. The summed E-state index contributed by atoms with van der Waals surface area (Å²) in [5.41, 5.74) is 12.8. The summed E-state index contributed by atoms with van der Waals surface area (Å²) in [4.78, 5) is 10.7. The van der Waals surface area contributed by atoms with E-state index in [0.29, 0.717) is 5.95 Å². The van der Waals surface area contributed by atoms with Crippen LogP contribution in [0.5, 0.6) is 0 Å². The fourth-order valence-electron chi connectivity index (χ4n) is 8.14. The topological polar surface area (TPSA) is 30.7 Å². The first-order valence-electron chi connectivity index (χ1n) is 18.0. The van der Waals surface area contributed by atoms with Crippen LogP contribution in [0.2, 0.25) is 0 Å². The van der Waals surface area contributed by atoms with Gasteiger partial charge >= 0.3 is 0 Å². The molecule has 0 aliphatic heterocycles. The maximum atomic E-state index is 5.41. The van der Waals surface area contributed by atoms with Crippen LogP contribution in [0.4, 0.5) is 0 Å². The quantitative estimate of drug-likeness (QED) is 0.189. The standard InChI is InChI=1S/C45H31N3.C3H8/c1-45(2)37-23-10-8-18-34(37)41-31(20-13-24-38(41)45)32-21-12-22-33-36-26-29-16-6-7-17-30(29)27-40(36)48(43(32)33)44-46-39-25-11-9-19-35(39)42(47-44)28-14-4-3-5-15-28;1-3-2/h3-27H,1-2H3;3H2,1-2H3. The zero-order chi connectivity index (χ0) is 34.7. The van der Waals surface area contributed by atoms with Gasteiger partial charge in [0, 0.05) is 32.7 Å². The molecule has 246 valence electrons. The van der Waals surface area contributed by atoms with Crippen molar-refractivity contribution in [3.8, 4) is 39.5 Å². The normalized spacial score (nSPS) is 12.9. The van der Waals surface area contributed by atoms with E-state index in [1.165, 1.54) is 61.3 Å². The smallest absolute Gasteiger partial charge is 0.235 e. The summed E-state index contributed by atoms with van der Waals surface area (Å²) in [6, 6.07) is 54.5. The highest BCUT2D eigenvalue weighted by Gasteiger charge is 2.37. The molecule has 0 saturated heterocycles. The van der Waals surface area contributed by atoms with Gasteiger partial charge in [0.05, 0.1) is 22.2 Å². The summed E-state index contributed by atoms with van der Waals surface area (Å²) in [7, 11) is 0. The van der Waals surface area contributed by atoms with Gasteiger partial charge in [-0.15, -0.1) is 0 Å². The third-order valence-electron chi connectivity index (χ3n) is 10.4. The highest BCUT2D eigenvalue weighted by atomic mass is 15.2. The van der Waals surface area contributed by atoms with E-state index in [4.69, 9.17) is 9.97 Å². The fraction of sp³-hybridized carbons (Fsp3) is 0.125. The average molecular weight is 658 g/mol. The van der Waals surface area contributed by atoms with Crippen LogP contribution in [0.25, 0.3) is 82.9 Å². The van der Waals surface area contributed by atoms with Crippen molar-refractivity contribution < 1.29 is 0 Å². The van der Waals surface area contributed by atoms with Gasteiger partial charge in [-0.05, 0) is 56.8 Å². The molecule has 0 amide bonds. The summed E-state index contributed by atoms with van der Waals surface area (Å²) >= 11 is 0. The Hall–Kier alpha value is -6.06. The maximum absolute atomic E-state index is 5.41. The van der Waals surface area contributed by atoms with E-state index >= 15 is 0 Å². The van der Waals surface area contributed by atoms with Gasteiger partial charge in [0.2, 0.25) is 5.95 Å². The molecule has 0 bridgehead atoms. The SMILES string of the molecule is CC1(C)c2ccccc2-c2c(-c3cccc4c5cc6ccccc6cc5n(-c5nc(-c6ccccc6)c6ccccc6n5)c34)cccc21.CCC. The molecule has 7 aromatic carbocycles. The minimum atomic E-state index is -0.0910. The maximum Gasteiger partial charge on any atom is 0.235 e. The molecule has 0 N–H and O–H groups in total. The van der Waals surface area contributed by atoms with E-state index in [1.807, 2.05) is 0 Å². The van der Waals surface area contributed by atoms with Crippen molar-refractivity contribution in [1.29, 1.82) is 0 Å². The third kappa shape index (κ3) is 4.80. The van der Waals surface area contributed by atoms with Crippen LogP contribution in [0.15, 0.2) is 152 Å². The van der Waals surface area contributed by atoms with Crippen LogP contribution in [0.1, 0.15) is 45.2 Å². The predicted octanol–water partition coefficient (Wildman–Crippen LogP) is 12.9. The summed E-state index contributed by atoms with van der Waals surface area (Å²) in [5, 5.41) is 5.83. The van der Waals surface area contributed by atoms with Crippen LogP contribution in [0.3, 0.4) is 0 Å². The van der Waals surface area contributed by atoms with E-state index in [2.05, 4.69) is 184 Å². The number of para-hydroxylation sites is 2. The van der Waals surface area contributed by atoms with Crippen LogP contribution in [-0.2, 0) is 5.41 Å². The van der Waals surface area contributed by atoms with Gasteiger partial charge in [0.25, 0.3) is 0 Å². The van der Waals surface area contributed by atoms with Crippen LogP contribution in [-0.4, -0.2) is 14.5 Å². The molecule has 0 radical (unpaired) electrons. The van der Waals surface area contributed by atoms with E-state index in [9.17, 15) is 0 Å². The molecule has 9 aromatic rings. The lowest BCUT2D eigenvalue weighted by atomic mass is 9.82. The first-order valence-corrected chi connectivity index (χ1v) is 18.0. The van der Waals surface area contributed by atoms with E-state index in [0.717, 1.165) is 33.2 Å². The third-order valence-corrected chi connectivity index (χ3v) is 10.4. The number of rotatable bonds is 3. The number of fused-ring (bicyclic) bond motifs is 8. The van der Waals surface area contributed by atoms with Gasteiger partial charge in [-0.1, -0.05) is 168 Å². The Morgan fingerprint density at radius 3 is 1.96 bits per heavy atom. The highest BCUT2D eigenvalue weighted by molar-refractivity contribution is 6.17. The Labute approximate surface area is 298 Å². The molecule has 2 aromatic heterocycles. The molecule has 0 unspecified atom stereocenters. The number of benzene rings is 7. The molecule has 0 fully saturated rings. The van der Waals surface area contributed by atoms with Crippen molar-refractivity contribution in [3.05, 3.63) is 163 Å². The largest absolute Gasteiger partial charge is 0.277 e. The zero-order valence-electron chi connectivity index (χ0n) is 29.5. The molecule has 0 saturated carbocycles. The van der Waals surface area contributed by atoms with E-state index in [1.54, 1.807) is 0 Å². The molecule has 0 atom stereocenters. The minimum Gasteiger partial charge on any atom is -0.277 e. The first kappa shape index (κ1) is 31.0. The lowest BCUT2D eigenvalue weighted by Crippen LogP contribution is -2.14. The van der Waals surface area contributed by atoms with E-state index < -0.39 is 0 Å². The Balaban J connectivity index is 0.00000112. The molecular weight excluding hydrogens is 619 g/mol. The van der Waals surface area contributed by atoms with Crippen molar-refractivity contribution in [2.45, 2.75) is 39.5 Å². The molecule has 1 aliphatic rings. The molecule has 0 spiro atoms. The van der Waals surface area contributed by atoms with Crippen LogP contribution >= 0.6 is 0 Å². The number of aromatic nitrogens is 3. The molecule has 3 heteroatoms.